The lowest BCUT2D eigenvalue weighted by molar-refractivity contribution is 0.452. The van der Waals surface area contributed by atoms with E-state index in [0.717, 1.165) is 30.1 Å². The minimum absolute atomic E-state index is 0.575. The van der Waals surface area contributed by atoms with Crippen molar-refractivity contribution in [2.24, 2.45) is 0 Å². The molecule has 106 valence electrons. The van der Waals surface area contributed by atoms with Crippen molar-refractivity contribution < 1.29 is 0 Å². The van der Waals surface area contributed by atoms with Crippen LogP contribution >= 0.6 is 11.6 Å². The van der Waals surface area contributed by atoms with Crippen molar-refractivity contribution in [1.29, 1.82) is 0 Å². The summed E-state index contributed by atoms with van der Waals surface area (Å²) in [6.45, 7) is 3.21. The number of rotatable bonds is 3. The third-order valence-corrected chi connectivity index (χ3v) is 4.42. The van der Waals surface area contributed by atoms with Crippen molar-refractivity contribution in [1.82, 2.24) is 4.98 Å². The molecule has 1 aliphatic heterocycles. The maximum atomic E-state index is 6.00. The van der Waals surface area contributed by atoms with Gasteiger partial charge in [0, 0.05) is 35.2 Å². The summed E-state index contributed by atoms with van der Waals surface area (Å²) in [6, 6.07) is 11.3. The lowest BCUT2D eigenvalue weighted by atomic mass is 9.98. The number of hydrogen-bond donors (Lipinski definition) is 0. The Bertz CT molecular complexity index is 595. The van der Waals surface area contributed by atoms with Crippen LogP contribution in [0.25, 0.3) is 10.9 Å². The summed E-state index contributed by atoms with van der Waals surface area (Å²) in [4.78, 5) is 7.21. The average Bonchev–Trinajstić information content (AvgIpc) is 2.47. The van der Waals surface area contributed by atoms with E-state index in [4.69, 9.17) is 11.6 Å². The van der Waals surface area contributed by atoms with E-state index in [2.05, 4.69) is 47.1 Å². The topological polar surface area (TPSA) is 16.1 Å². The molecule has 1 unspecified atom stereocenters. The number of hydrogen-bond acceptors (Lipinski definition) is 2. The first-order chi connectivity index (χ1) is 9.79. The molecule has 20 heavy (non-hydrogen) atoms. The van der Waals surface area contributed by atoms with E-state index in [0.29, 0.717) is 6.04 Å². The summed E-state index contributed by atoms with van der Waals surface area (Å²) in [5, 5.41) is 1.26. The van der Waals surface area contributed by atoms with Crippen LogP contribution < -0.4 is 4.90 Å². The van der Waals surface area contributed by atoms with E-state index in [1.165, 1.54) is 30.3 Å². The van der Waals surface area contributed by atoms with Crippen LogP contribution in [0.4, 0.5) is 5.69 Å². The fourth-order valence-corrected chi connectivity index (χ4v) is 3.52. The maximum absolute atomic E-state index is 6.00. The molecule has 0 amide bonds. The molecule has 1 aromatic carbocycles. The van der Waals surface area contributed by atoms with Gasteiger partial charge in [0.15, 0.2) is 0 Å². The number of anilines is 1. The first kappa shape index (κ1) is 13.7. The number of halogens is 1. The number of nitrogens with zero attached hydrogens (tertiary/aromatic N) is 2. The van der Waals surface area contributed by atoms with Crippen LogP contribution in [0.1, 0.15) is 31.4 Å². The molecule has 0 radical (unpaired) electrons. The summed E-state index contributed by atoms with van der Waals surface area (Å²) < 4.78 is 0. The highest BCUT2D eigenvalue weighted by atomic mass is 35.5. The predicted molar refractivity (Wildman–Crippen MR) is 86.8 cm³/mol. The highest BCUT2D eigenvalue weighted by molar-refractivity contribution is 6.17. The van der Waals surface area contributed by atoms with E-state index < -0.39 is 0 Å². The van der Waals surface area contributed by atoms with Gasteiger partial charge in [-0.25, -0.2) is 0 Å². The summed E-state index contributed by atoms with van der Waals surface area (Å²) in [5.41, 5.74) is 3.52. The van der Waals surface area contributed by atoms with Gasteiger partial charge in [-0.3, -0.25) is 4.98 Å². The number of piperidine rings is 1. The first-order valence-electron chi connectivity index (χ1n) is 7.48. The van der Waals surface area contributed by atoms with Gasteiger partial charge in [-0.15, -0.1) is 11.6 Å². The lowest BCUT2D eigenvalue weighted by Gasteiger charge is -2.38. The van der Waals surface area contributed by atoms with Gasteiger partial charge in [0.2, 0.25) is 0 Å². The maximum Gasteiger partial charge on any atom is 0.0726 e. The third-order valence-electron chi connectivity index (χ3n) is 4.20. The predicted octanol–water partition coefficient (Wildman–Crippen LogP) is 4.53. The Balaban J connectivity index is 2.07. The van der Waals surface area contributed by atoms with Crippen molar-refractivity contribution in [2.45, 2.75) is 38.6 Å². The van der Waals surface area contributed by atoms with Gasteiger partial charge in [-0.2, -0.15) is 0 Å². The Morgan fingerprint density at radius 2 is 2.15 bits per heavy atom. The molecule has 1 aliphatic rings. The van der Waals surface area contributed by atoms with E-state index in [1.807, 2.05) is 0 Å². The monoisotopic (exact) mass is 288 g/mol. The number of aryl methyl sites for hydroxylation is 1. The van der Waals surface area contributed by atoms with Crippen molar-refractivity contribution in [3.63, 3.8) is 0 Å². The largest absolute Gasteiger partial charge is 0.368 e. The molecule has 1 fully saturated rings. The Hall–Kier alpha value is -1.28. The Labute approximate surface area is 125 Å². The molecule has 2 aromatic rings. The lowest BCUT2D eigenvalue weighted by Crippen LogP contribution is -2.40. The van der Waals surface area contributed by atoms with Crippen LogP contribution in [0.15, 0.2) is 30.3 Å². The summed E-state index contributed by atoms with van der Waals surface area (Å²) in [5.74, 6) is 0.739. The number of pyridine rings is 1. The van der Waals surface area contributed by atoms with Crippen LogP contribution in [0.5, 0.6) is 0 Å². The molecule has 3 heteroatoms. The molecule has 0 saturated carbocycles. The molecule has 3 rings (SSSR count). The standard InChI is InChI=1S/C17H21ClN2/c1-13-12-17(15-7-2-3-8-16(15)19-13)20-11-5-4-6-14(20)9-10-18/h2-3,7-8,12,14H,4-6,9-11H2,1H3. The zero-order valence-electron chi connectivity index (χ0n) is 12.0. The van der Waals surface area contributed by atoms with Gasteiger partial charge >= 0.3 is 0 Å². The van der Waals surface area contributed by atoms with Crippen LogP contribution in [-0.2, 0) is 0 Å². The number of benzene rings is 1. The molecular weight excluding hydrogens is 268 g/mol. The normalized spacial score (nSPS) is 19.5. The molecule has 1 atom stereocenters. The zero-order valence-corrected chi connectivity index (χ0v) is 12.7. The third kappa shape index (κ3) is 2.62. The molecule has 2 nitrogen and oxygen atoms in total. The van der Waals surface area contributed by atoms with Crippen LogP contribution in [0.3, 0.4) is 0 Å². The quantitative estimate of drug-likeness (QED) is 0.771. The first-order valence-corrected chi connectivity index (χ1v) is 8.02. The van der Waals surface area contributed by atoms with Crippen LogP contribution in [-0.4, -0.2) is 23.5 Å². The van der Waals surface area contributed by atoms with Gasteiger partial charge in [-0.05, 0) is 44.7 Å². The second-order valence-corrected chi connectivity index (χ2v) is 6.00. The molecule has 2 heterocycles. The molecule has 1 aromatic heterocycles. The van der Waals surface area contributed by atoms with Gasteiger partial charge in [0.1, 0.15) is 0 Å². The Morgan fingerprint density at radius 3 is 3.00 bits per heavy atom. The van der Waals surface area contributed by atoms with Crippen LogP contribution in [0.2, 0.25) is 0 Å². The second kappa shape index (κ2) is 6.01. The highest BCUT2D eigenvalue weighted by Crippen LogP contribution is 2.32. The van der Waals surface area contributed by atoms with E-state index in [-0.39, 0.29) is 0 Å². The number of aromatic nitrogens is 1. The van der Waals surface area contributed by atoms with Gasteiger partial charge < -0.3 is 4.90 Å². The van der Waals surface area contributed by atoms with Crippen molar-refractivity contribution in [3.05, 3.63) is 36.0 Å². The minimum Gasteiger partial charge on any atom is -0.368 e. The van der Waals surface area contributed by atoms with Gasteiger partial charge in [-0.1, -0.05) is 18.2 Å². The van der Waals surface area contributed by atoms with E-state index >= 15 is 0 Å². The summed E-state index contributed by atoms with van der Waals surface area (Å²) in [7, 11) is 0. The van der Waals surface area contributed by atoms with Crippen LogP contribution in [0, 0.1) is 6.92 Å². The smallest absolute Gasteiger partial charge is 0.0726 e. The second-order valence-electron chi connectivity index (χ2n) is 5.62. The summed E-state index contributed by atoms with van der Waals surface area (Å²) in [6.07, 6.45) is 4.91. The van der Waals surface area contributed by atoms with E-state index in [1.54, 1.807) is 0 Å². The average molecular weight is 289 g/mol. The Kier molecular flexibility index (Phi) is 4.11. The van der Waals surface area contributed by atoms with Gasteiger partial charge in [0.05, 0.1) is 5.52 Å². The summed E-state index contributed by atoms with van der Waals surface area (Å²) >= 11 is 6.00. The molecule has 0 spiro atoms. The number of fused-ring (bicyclic) bond motifs is 1. The van der Waals surface area contributed by atoms with Gasteiger partial charge in [0.25, 0.3) is 0 Å². The molecule has 0 aliphatic carbocycles. The minimum atomic E-state index is 0.575. The Morgan fingerprint density at radius 1 is 1.30 bits per heavy atom. The number of para-hydroxylation sites is 1. The molecule has 1 saturated heterocycles. The van der Waals surface area contributed by atoms with Crippen molar-refractivity contribution in [3.8, 4) is 0 Å². The SMILES string of the molecule is Cc1cc(N2CCCCC2CCCl)c2ccccc2n1. The van der Waals surface area contributed by atoms with E-state index in [9.17, 15) is 0 Å². The van der Waals surface area contributed by atoms with Crippen molar-refractivity contribution in [2.75, 3.05) is 17.3 Å². The number of alkyl halides is 1. The molecule has 0 N–H and O–H groups in total. The fraction of sp³-hybridized carbons (Fsp3) is 0.471. The molecule has 0 bridgehead atoms. The fourth-order valence-electron chi connectivity index (χ4n) is 3.27. The highest BCUT2D eigenvalue weighted by Gasteiger charge is 2.23. The van der Waals surface area contributed by atoms with Crippen molar-refractivity contribution >= 4 is 28.2 Å². The molecular formula is C17H21ClN2. The zero-order chi connectivity index (χ0) is 13.9.